The van der Waals surface area contributed by atoms with Crippen LogP contribution in [0, 0.1) is 0 Å². The maximum atomic E-state index is 5.56. The molecule has 0 aliphatic heterocycles. The zero-order valence-corrected chi connectivity index (χ0v) is 8.15. The number of aromatic nitrogens is 2. The molecule has 0 atom stereocenters. The number of nitrogens with one attached hydrogen (secondary N) is 1. The van der Waals surface area contributed by atoms with Gasteiger partial charge in [-0.1, -0.05) is 0 Å². The number of halogens is 1. The molecular formula is C7H10ClN5. The highest BCUT2D eigenvalue weighted by molar-refractivity contribution is 6.28. The maximum absolute atomic E-state index is 5.56. The fourth-order valence-electron chi connectivity index (χ4n) is 0.608. The van der Waals surface area contributed by atoms with Gasteiger partial charge in [-0.25, -0.2) is 4.98 Å². The fraction of sp³-hybridized carbons (Fsp3) is 0.286. The molecule has 0 saturated carbocycles. The first-order chi connectivity index (χ1) is 6.18. The van der Waals surface area contributed by atoms with Gasteiger partial charge in [-0.2, -0.15) is 10.1 Å². The van der Waals surface area contributed by atoms with Gasteiger partial charge in [0.15, 0.2) is 5.82 Å². The molecule has 0 amide bonds. The van der Waals surface area contributed by atoms with Crippen LogP contribution < -0.4 is 5.43 Å². The molecule has 0 bridgehead atoms. The molecule has 13 heavy (non-hydrogen) atoms. The number of hydrazone groups is 1. The van der Waals surface area contributed by atoms with Gasteiger partial charge in [-0.05, 0) is 11.6 Å². The summed E-state index contributed by atoms with van der Waals surface area (Å²) in [5.41, 5.74) is 2.71. The summed E-state index contributed by atoms with van der Waals surface area (Å²) in [5, 5.41) is 4.08. The molecule has 0 aliphatic rings. The first kappa shape index (κ1) is 9.73. The number of hydrogen-bond donors (Lipinski definition) is 1. The maximum Gasteiger partial charge on any atom is 0.224 e. The van der Waals surface area contributed by atoms with E-state index in [9.17, 15) is 0 Å². The van der Waals surface area contributed by atoms with E-state index in [4.69, 9.17) is 11.6 Å². The van der Waals surface area contributed by atoms with Crippen molar-refractivity contribution in [2.75, 3.05) is 19.5 Å². The summed E-state index contributed by atoms with van der Waals surface area (Å²) in [6.45, 7) is 0. The molecule has 0 fully saturated rings. The second-order valence-corrected chi connectivity index (χ2v) is 2.87. The Bertz CT molecular complexity index is 299. The Kier molecular flexibility index (Phi) is 3.45. The Morgan fingerprint density at radius 1 is 1.62 bits per heavy atom. The summed E-state index contributed by atoms with van der Waals surface area (Å²) >= 11 is 5.56. The molecule has 1 aromatic rings. The highest BCUT2D eigenvalue weighted by Crippen LogP contribution is 2.04. The molecule has 1 rings (SSSR count). The van der Waals surface area contributed by atoms with E-state index < -0.39 is 0 Å². The lowest BCUT2D eigenvalue weighted by Crippen LogP contribution is -2.09. The molecule has 6 heteroatoms. The normalized spacial score (nSPS) is 10.4. The topological polar surface area (TPSA) is 53.4 Å². The number of hydrogen-bond acceptors (Lipinski definition) is 4. The van der Waals surface area contributed by atoms with E-state index in [1.807, 2.05) is 14.1 Å². The lowest BCUT2D eigenvalue weighted by Gasteiger charge is -2.02. The SMILES string of the molecule is CN(C)/C=N\Nc1ccnc(Cl)n1. The standard InChI is InChI=1S/C7H10ClN5/c1-13(2)5-10-12-6-3-4-9-7(8)11-6/h3-5H,1-2H3,(H,9,11,12)/b10-5-. The van der Waals surface area contributed by atoms with Gasteiger partial charge in [-0.15, -0.1) is 0 Å². The van der Waals surface area contributed by atoms with Gasteiger partial charge in [0.25, 0.3) is 0 Å². The van der Waals surface area contributed by atoms with E-state index in [0.717, 1.165) is 0 Å². The second kappa shape index (κ2) is 4.61. The third-order valence-electron chi connectivity index (χ3n) is 1.09. The average molecular weight is 200 g/mol. The third kappa shape index (κ3) is 3.71. The summed E-state index contributed by atoms with van der Waals surface area (Å²) in [7, 11) is 3.75. The summed E-state index contributed by atoms with van der Waals surface area (Å²) in [5.74, 6) is 0.568. The molecule has 0 radical (unpaired) electrons. The number of nitrogens with zero attached hydrogens (tertiary/aromatic N) is 4. The first-order valence-electron chi connectivity index (χ1n) is 3.62. The van der Waals surface area contributed by atoms with Crippen LogP contribution >= 0.6 is 11.6 Å². The minimum atomic E-state index is 0.199. The Labute approximate surface area is 81.4 Å². The van der Waals surface area contributed by atoms with Gasteiger partial charge in [0.2, 0.25) is 5.28 Å². The Balaban J connectivity index is 2.55. The van der Waals surface area contributed by atoms with Crippen molar-refractivity contribution in [2.45, 2.75) is 0 Å². The van der Waals surface area contributed by atoms with Gasteiger partial charge in [0, 0.05) is 26.4 Å². The molecule has 0 spiro atoms. The van der Waals surface area contributed by atoms with Crippen LogP contribution in [0.2, 0.25) is 5.28 Å². The fourth-order valence-corrected chi connectivity index (χ4v) is 0.755. The van der Waals surface area contributed by atoms with E-state index >= 15 is 0 Å². The molecule has 0 aromatic carbocycles. The Hall–Kier alpha value is -1.36. The van der Waals surface area contributed by atoms with Crippen molar-refractivity contribution >= 4 is 23.8 Å². The summed E-state index contributed by atoms with van der Waals surface area (Å²) < 4.78 is 0. The Morgan fingerprint density at radius 2 is 2.38 bits per heavy atom. The highest BCUT2D eigenvalue weighted by Gasteiger charge is 1.92. The zero-order chi connectivity index (χ0) is 9.68. The minimum Gasteiger partial charge on any atom is -0.367 e. The van der Waals surface area contributed by atoms with Gasteiger partial charge in [0.05, 0.1) is 0 Å². The van der Waals surface area contributed by atoms with Crippen LogP contribution in [0.5, 0.6) is 0 Å². The van der Waals surface area contributed by atoms with Crippen LogP contribution in [0.4, 0.5) is 5.82 Å². The summed E-state index contributed by atoms with van der Waals surface area (Å²) in [6.07, 6.45) is 3.18. The van der Waals surface area contributed by atoms with Crippen LogP contribution in [0.15, 0.2) is 17.4 Å². The van der Waals surface area contributed by atoms with Crippen LogP contribution in [-0.4, -0.2) is 35.3 Å². The first-order valence-corrected chi connectivity index (χ1v) is 4.00. The third-order valence-corrected chi connectivity index (χ3v) is 1.28. The zero-order valence-electron chi connectivity index (χ0n) is 7.40. The minimum absolute atomic E-state index is 0.199. The number of rotatable bonds is 3. The van der Waals surface area contributed by atoms with Gasteiger partial charge in [-0.3, -0.25) is 5.43 Å². The van der Waals surface area contributed by atoms with Crippen molar-refractivity contribution in [2.24, 2.45) is 5.10 Å². The molecule has 1 heterocycles. The molecule has 0 aliphatic carbocycles. The van der Waals surface area contributed by atoms with Gasteiger partial charge < -0.3 is 4.90 Å². The van der Waals surface area contributed by atoms with E-state index in [2.05, 4.69) is 20.5 Å². The molecular weight excluding hydrogens is 190 g/mol. The van der Waals surface area contributed by atoms with E-state index in [0.29, 0.717) is 5.82 Å². The van der Waals surface area contributed by atoms with E-state index in [-0.39, 0.29) is 5.28 Å². The lowest BCUT2D eigenvalue weighted by molar-refractivity contribution is 0.641. The van der Waals surface area contributed by atoms with Crippen molar-refractivity contribution in [1.29, 1.82) is 0 Å². The molecule has 70 valence electrons. The van der Waals surface area contributed by atoms with Crippen molar-refractivity contribution in [3.63, 3.8) is 0 Å². The van der Waals surface area contributed by atoms with Gasteiger partial charge >= 0.3 is 0 Å². The molecule has 5 nitrogen and oxygen atoms in total. The predicted octanol–water partition coefficient (Wildman–Crippen LogP) is 1.05. The molecule has 1 aromatic heterocycles. The number of anilines is 1. The van der Waals surface area contributed by atoms with Crippen molar-refractivity contribution in [3.05, 3.63) is 17.5 Å². The van der Waals surface area contributed by atoms with Crippen LogP contribution in [0.1, 0.15) is 0 Å². The molecule has 0 saturated heterocycles. The van der Waals surface area contributed by atoms with Crippen molar-refractivity contribution in [3.8, 4) is 0 Å². The van der Waals surface area contributed by atoms with Crippen LogP contribution in [0.25, 0.3) is 0 Å². The quantitative estimate of drug-likeness (QED) is 0.342. The lowest BCUT2D eigenvalue weighted by atomic mass is 10.6. The largest absolute Gasteiger partial charge is 0.367 e. The van der Waals surface area contributed by atoms with E-state index in [1.54, 1.807) is 23.5 Å². The van der Waals surface area contributed by atoms with Crippen LogP contribution in [-0.2, 0) is 0 Å². The summed E-state index contributed by atoms with van der Waals surface area (Å²) in [6, 6.07) is 1.68. The average Bonchev–Trinajstić information content (AvgIpc) is 2.03. The second-order valence-electron chi connectivity index (χ2n) is 2.53. The molecule has 0 unspecified atom stereocenters. The molecule has 1 N–H and O–H groups in total. The van der Waals surface area contributed by atoms with E-state index in [1.165, 1.54) is 0 Å². The Morgan fingerprint density at radius 3 is 3.00 bits per heavy atom. The predicted molar refractivity (Wildman–Crippen MR) is 52.8 cm³/mol. The smallest absolute Gasteiger partial charge is 0.224 e. The van der Waals surface area contributed by atoms with Gasteiger partial charge in [0.1, 0.15) is 6.34 Å². The highest BCUT2D eigenvalue weighted by atomic mass is 35.5. The van der Waals surface area contributed by atoms with Crippen molar-refractivity contribution < 1.29 is 0 Å². The monoisotopic (exact) mass is 199 g/mol. The van der Waals surface area contributed by atoms with Crippen molar-refractivity contribution in [1.82, 2.24) is 14.9 Å². The van der Waals surface area contributed by atoms with Crippen LogP contribution in [0.3, 0.4) is 0 Å². The summed E-state index contributed by atoms with van der Waals surface area (Å²) in [4.78, 5) is 9.42.